The molecule has 0 bridgehead atoms. The third-order valence-corrected chi connectivity index (χ3v) is 4.69. The molecule has 0 aliphatic heterocycles. The summed E-state index contributed by atoms with van der Waals surface area (Å²) in [4.78, 5) is 4.88. The van der Waals surface area contributed by atoms with Gasteiger partial charge in [0.15, 0.2) is 0 Å². The number of nitrogens with two attached hydrogens (primary N) is 1. The van der Waals surface area contributed by atoms with Crippen molar-refractivity contribution < 1.29 is 0 Å². The maximum Gasteiger partial charge on any atom is 0.107 e. The second-order valence-corrected chi connectivity index (χ2v) is 6.93. The lowest BCUT2D eigenvalue weighted by molar-refractivity contribution is 0.274. The van der Waals surface area contributed by atoms with Crippen molar-refractivity contribution in [2.75, 3.05) is 11.9 Å². The molecule has 116 valence electrons. The van der Waals surface area contributed by atoms with Crippen LogP contribution in [0.1, 0.15) is 56.0 Å². The fourth-order valence-electron chi connectivity index (χ4n) is 3.51. The molecule has 2 rings (SSSR count). The van der Waals surface area contributed by atoms with Gasteiger partial charge in [0, 0.05) is 23.6 Å². The van der Waals surface area contributed by atoms with Gasteiger partial charge in [0.1, 0.15) is 4.99 Å². The molecule has 2 unspecified atom stereocenters. The van der Waals surface area contributed by atoms with Crippen LogP contribution in [0.5, 0.6) is 0 Å². The highest BCUT2D eigenvalue weighted by Gasteiger charge is 2.18. The number of pyridine rings is 1. The van der Waals surface area contributed by atoms with Crippen LogP contribution < -0.4 is 11.1 Å². The standard InChI is InChI=1S/C17H27N3S/c1-11-5-4-6-14(9-11)7-8-19-15-10-12(2)20-13(3)16(15)17(18)21/h10-11,14H,4-9H2,1-3H3,(H2,18,21)(H,19,20). The molecule has 4 heteroatoms. The molecule has 1 aliphatic rings. The smallest absolute Gasteiger partial charge is 0.107 e. The highest BCUT2D eigenvalue weighted by molar-refractivity contribution is 7.80. The molecular weight excluding hydrogens is 278 g/mol. The van der Waals surface area contributed by atoms with Crippen molar-refractivity contribution in [3.05, 3.63) is 23.0 Å². The average Bonchev–Trinajstić information content (AvgIpc) is 2.37. The molecule has 1 aliphatic carbocycles. The Hall–Kier alpha value is -1.16. The van der Waals surface area contributed by atoms with Gasteiger partial charge in [-0.25, -0.2) is 0 Å². The number of aromatic nitrogens is 1. The molecule has 0 saturated heterocycles. The van der Waals surface area contributed by atoms with Crippen LogP contribution in [0.25, 0.3) is 0 Å². The largest absolute Gasteiger partial charge is 0.389 e. The molecule has 3 N–H and O–H groups in total. The first-order valence-electron chi connectivity index (χ1n) is 7.99. The summed E-state index contributed by atoms with van der Waals surface area (Å²) in [5, 5.41) is 3.53. The topological polar surface area (TPSA) is 50.9 Å². The van der Waals surface area contributed by atoms with Crippen molar-refractivity contribution in [1.82, 2.24) is 4.98 Å². The monoisotopic (exact) mass is 305 g/mol. The van der Waals surface area contributed by atoms with Crippen LogP contribution in [0.3, 0.4) is 0 Å². The molecule has 1 heterocycles. The van der Waals surface area contributed by atoms with Gasteiger partial charge in [-0.2, -0.15) is 0 Å². The van der Waals surface area contributed by atoms with Crippen LogP contribution in [0, 0.1) is 25.7 Å². The molecule has 0 spiro atoms. The van der Waals surface area contributed by atoms with Crippen LogP contribution >= 0.6 is 12.2 Å². The molecule has 1 aromatic heterocycles. The minimum Gasteiger partial charge on any atom is -0.389 e. The minimum atomic E-state index is 0.425. The summed E-state index contributed by atoms with van der Waals surface area (Å²) in [6.45, 7) is 7.33. The highest BCUT2D eigenvalue weighted by atomic mass is 32.1. The Morgan fingerprint density at radius 1 is 1.43 bits per heavy atom. The second kappa shape index (κ2) is 7.21. The minimum absolute atomic E-state index is 0.425. The summed E-state index contributed by atoms with van der Waals surface area (Å²) in [7, 11) is 0. The SMILES string of the molecule is Cc1cc(NCCC2CCCC(C)C2)c(C(N)=S)c(C)n1. The Kier molecular flexibility index (Phi) is 5.57. The van der Waals surface area contributed by atoms with Gasteiger partial charge in [-0.05, 0) is 44.6 Å². The Morgan fingerprint density at radius 2 is 2.19 bits per heavy atom. The third kappa shape index (κ3) is 4.40. The average molecular weight is 305 g/mol. The van der Waals surface area contributed by atoms with Crippen LogP contribution in [-0.2, 0) is 0 Å². The summed E-state index contributed by atoms with van der Waals surface area (Å²) in [6.07, 6.45) is 6.76. The lowest BCUT2D eigenvalue weighted by atomic mass is 9.81. The fraction of sp³-hybridized carbons (Fsp3) is 0.647. The molecule has 1 aromatic rings. The summed E-state index contributed by atoms with van der Waals surface area (Å²) in [6, 6.07) is 2.05. The lowest BCUT2D eigenvalue weighted by Crippen LogP contribution is -2.19. The maximum atomic E-state index is 5.85. The van der Waals surface area contributed by atoms with E-state index < -0.39 is 0 Å². The summed E-state index contributed by atoms with van der Waals surface area (Å²) < 4.78 is 0. The van der Waals surface area contributed by atoms with Crippen molar-refractivity contribution in [3.63, 3.8) is 0 Å². The Bertz CT molecular complexity index is 513. The van der Waals surface area contributed by atoms with Gasteiger partial charge in [-0.3, -0.25) is 4.98 Å². The van der Waals surface area contributed by atoms with E-state index >= 15 is 0 Å². The van der Waals surface area contributed by atoms with E-state index in [2.05, 4.69) is 17.2 Å². The zero-order valence-corrected chi connectivity index (χ0v) is 14.2. The zero-order valence-electron chi connectivity index (χ0n) is 13.4. The first-order chi connectivity index (χ1) is 9.97. The number of anilines is 1. The first-order valence-corrected chi connectivity index (χ1v) is 8.40. The predicted molar refractivity (Wildman–Crippen MR) is 93.8 cm³/mol. The normalized spacial score (nSPS) is 22.0. The number of nitrogens with zero attached hydrogens (tertiary/aromatic N) is 1. The van der Waals surface area contributed by atoms with Gasteiger partial charge in [0.25, 0.3) is 0 Å². The van der Waals surface area contributed by atoms with E-state index in [1.54, 1.807) is 0 Å². The molecule has 3 nitrogen and oxygen atoms in total. The molecule has 0 amide bonds. The van der Waals surface area contributed by atoms with Gasteiger partial charge in [-0.1, -0.05) is 38.4 Å². The van der Waals surface area contributed by atoms with E-state index in [-0.39, 0.29) is 0 Å². The van der Waals surface area contributed by atoms with E-state index in [1.165, 1.54) is 32.1 Å². The third-order valence-electron chi connectivity index (χ3n) is 4.49. The Morgan fingerprint density at radius 3 is 2.86 bits per heavy atom. The van der Waals surface area contributed by atoms with Crippen molar-refractivity contribution in [3.8, 4) is 0 Å². The van der Waals surface area contributed by atoms with Gasteiger partial charge in [0.2, 0.25) is 0 Å². The zero-order chi connectivity index (χ0) is 15.4. The lowest BCUT2D eigenvalue weighted by Gasteiger charge is -2.27. The van der Waals surface area contributed by atoms with E-state index in [9.17, 15) is 0 Å². The number of aryl methyl sites for hydroxylation is 2. The summed E-state index contributed by atoms with van der Waals surface area (Å²) in [5.74, 6) is 1.75. The van der Waals surface area contributed by atoms with Gasteiger partial charge in [0.05, 0.1) is 5.56 Å². The van der Waals surface area contributed by atoms with Gasteiger partial charge < -0.3 is 11.1 Å². The van der Waals surface area contributed by atoms with Crippen molar-refractivity contribution in [2.24, 2.45) is 17.6 Å². The van der Waals surface area contributed by atoms with E-state index in [4.69, 9.17) is 18.0 Å². The van der Waals surface area contributed by atoms with Gasteiger partial charge in [-0.15, -0.1) is 0 Å². The van der Waals surface area contributed by atoms with Crippen LogP contribution in [0.2, 0.25) is 0 Å². The van der Waals surface area contributed by atoms with E-state index in [0.29, 0.717) is 4.99 Å². The number of thiocarbonyl (C=S) groups is 1. The number of rotatable bonds is 5. The molecule has 0 radical (unpaired) electrons. The van der Waals surface area contributed by atoms with Crippen molar-refractivity contribution >= 4 is 22.9 Å². The molecule has 0 aromatic carbocycles. The first kappa shape index (κ1) is 16.2. The van der Waals surface area contributed by atoms with Crippen LogP contribution in [0.15, 0.2) is 6.07 Å². The van der Waals surface area contributed by atoms with Crippen molar-refractivity contribution in [1.29, 1.82) is 0 Å². The predicted octanol–water partition coefficient (Wildman–Crippen LogP) is 3.96. The fourth-order valence-corrected chi connectivity index (χ4v) is 3.77. The molecule has 1 saturated carbocycles. The van der Waals surface area contributed by atoms with E-state index in [0.717, 1.165) is 41.0 Å². The number of nitrogens with one attached hydrogen (secondary N) is 1. The highest BCUT2D eigenvalue weighted by Crippen LogP contribution is 2.30. The van der Waals surface area contributed by atoms with Crippen LogP contribution in [-0.4, -0.2) is 16.5 Å². The molecule has 21 heavy (non-hydrogen) atoms. The summed E-state index contributed by atoms with van der Waals surface area (Å²) >= 11 is 5.17. The second-order valence-electron chi connectivity index (χ2n) is 6.49. The van der Waals surface area contributed by atoms with Crippen LogP contribution in [0.4, 0.5) is 5.69 Å². The molecule has 2 atom stereocenters. The van der Waals surface area contributed by atoms with E-state index in [1.807, 2.05) is 19.9 Å². The quantitative estimate of drug-likeness (QED) is 0.808. The van der Waals surface area contributed by atoms with Crippen molar-refractivity contribution in [2.45, 2.75) is 52.9 Å². The number of hydrogen-bond acceptors (Lipinski definition) is 3. The van der Waals surface area contributed by atoms with Gasteiger partial charge >= 0.3 is 0 Å². The maximum absolute atomic E-state index is 5.85. The number of hydrogen-bond donors (Lipinski definition) is 2. The molecular formula is C17H27N3S. The summed E-state index contributed by atoms with van der Waals surface area (Å²) in [5.41, 5.74) is 9.70. The Balaban J connectivity index is 1.98. The molecule has 1 fully saturated rings. The Labute approximate surface area is 133 Å².